The van der Waals surface area contributed by atoms with E-state index in [4.69, 9.17) is 11.1 Å². The summed E-state index contributed by atoms with van der Waals surface area (Å²) in [6.07, 6.45) is 0. The van der Waals surface area contributed by atoms with Crippen LogP contribution in [-0.2, 0) is 0 Å². The molecule has 0 aliphatic carbocycles. The number of benzene rings is 1. The lowest BCUT2D eigenvalue weighted by Gasteiger charge is -2.05. The van der Waals surface area contributed by atoms with Crippen molar-refractivity contribution >= 4 is 18.2 Å². The van der Waals surface area contributed by atoms with Crippen LogP contribution in [0.3, 0.4) is 0 Å². The molecule has 3 N–H and O–H groups in total. The minimum absolute atomic E-state index is 0. The molecule has 0 aliphatic heterocycles. The summed E-state index contributed by atoms with van der Waals surface area (Å²) in [6.45, 7) is -2.86. The molecule has 6 heteroatoms. The number of hydrogen-bond acceptors (Lipinski definition) is 2. The second-order valence-electron chi connectivity index (χ2n) is 2.32. The molecule has 0 atom stereocenters. The number of ether oxygens (including phenoxy) is 1. The Morgan fingerprint density at radius 2 is 2.07 bits per heavy atom. The van der Waals surface area contributed by atoms with E-state index in [1.807, 2.05) is 0 Å². The Hall–Kier alpha value is -1.36. The van der Waals surface area contributed by atoms with Gasteiger partial charge in [-0.3, -0.25) is 5.41 Å². The minimum Gasteiger partial charge on any atom is -0.435 e. The number of alkyl halides is 2. The lowest BCUT2D eigenvalue weighted by molar-refractivity contribution is -0.0498. The monoisotopic (exact) mass is 222 g/mol. The van der Waals surface area contributed by atoms with Crippen LogP contribution in [0.25, 0.3) is 0 Å². The Bertz CT molecular complexity index is 320. The Balaban J connectivity index is 0.00000169. The highest BCUT2D eigenvalue weighted by Gasteiger charge is 2.04. The minimum atomic E-state index is -2.86. The molecule has 1 aromatic carbocycles. The largest absolute Gasteiger partial charge is 0.435 e. The van der Waals surface area contributed by atoms with Gasteiger partial charge in [0.1, 0.15) is 11.6 Å². The number of amidine groups is 1. The number of rotatable bonds is 3. The van der Waals surface area contributed by atoms with E-state index < -0.39 is 6.61 Å². The van der Waals surface area contributed by atoms with Gasteiger partial charge >= 0.3 is 6.61 Å². The molecular formula is C8H9ClF2N2O. The standard InChI is InChI=1S/C8H8F2N2O.ClH/c9-8(10)13-6-3-1-2-5(4-6)7(11)12;/h1-4,8H,(H3,11,12);1H. The summed E-state index contributed by atoms with van der Waals surface area (Å²) in [4.78, 5) is 0. The lowest BCUT2D eigenvalue weighted by atomic mass is 10.2. The quantitative estimate of drug-likeness (QED) is 0.607. The maximum atomic E-state index is 11.7. The van der Waals surface area contributed by atoms with E-state index in [2.05, 4.69) is 4.74 Å². The number of nitrogen functional groups attached to an aromatic ring is 1. The molecule has 0 radical (unpaired) electrons. The van der Waals surface area contributed by atoms with Crippen molar-refractivity contribution in [3.63, 3.8) is 0 Å². The van der Waals surface area contributed by atoms with Crippen molar-refractivity contribution in [3.8, 4) is 5.75 Å². The van der Waals surface area contributed by atoms with Crippen LogP contribution in [0.2, 0.25) is 0 Å². The Morgan fingerprint density at radius 1 is 1.43 bits per heavy atom. The number of hydrogen-bond donors (Lipinski definition) is 2. The van der Waals surface area contributed by atoms with Crippen molar-refractivity contribution in [1.82, 2.24) is 0 Å². The Labute approximate surface area is 85.8 Å². The van der Waals surface area contributed by atoms with Crippen molar-refractivity contribution in [2.75, 3.05) is 0 Å². The number of nitrogens with one attached hydrogen (secondary N) is 1. The van der Waals surface area contributed by atoms with Crippen LogP contribution in [0.5, 0.6) is 5.75 Å². The molecule has 0 heterocycles. The number of nitrogens with two attached hydrogens (primary N) is 1. The summed E-state index contributed by atoms with van der Waals surface area (Å²) in [6, 6.07) is 5.70. The first kappa shape index (κ1) is 12.6. The molecule has 0 amide bonds. The van der Waals surface area contributed by atoms with Crippen LogP contribution < -0.4 is 10.5 Å². The zero-order valence-electron chi connectivity index (χ0n) is 7.04. The van der Waals surface area contributed by atoms with Gasteiger partial charge in [-0.2, -0.15) is 8.78 Å². The zero-order chi connectivity index (χ0) is 9.84. The van der Waals surface area contributed by atoms with Crippen LogP contribution in [0.4, 0.5) is 8.78 Å². The van der Waals surface area contributed by atoms with Crippen LogP contribution in [0.1, 0.15) is 5.56 Å². The van der Waals surface area contributed by atoms with Crippen molar-refractivity contribution < 1.29 is 13.5 Å². The molecule has 0 saturated carbocycles. The highest BCUT2D eigenvalue weighted by atomic mass is 35.5. The van der Waals surface area contributed by atoms with Crippen LogP contribution >= 0.6 is 12.4 Å². The van der Waals surface area contributed by atoms with Gasteiger partial charge in [-0.25, -0.2) is 0 Å². The normalized spacial score (nSPS) is 9.36. The van der Waals surface area contributed by atoms with Crippen LogP contribution in [0, 0.1) is 5.41 Å². The SMILES string of the molecule is Cl.N=C(N)c1cccc(OC(F)F)c1. The van der Waals surface area contributed by atoms with Gasteiger partial charge in [0, 0.05) is 5.56 Å². The van der Waals surface area contributed by atoms with E-state index in [0.29, 0.717) is 5.56 Å². The maximum Gasteiger partial charge on any atom is 0.387 e. The van der Waals surface area contributed by atoms with Crippen molar-refractivity contribution in [3.05, 3.63) is 29.8 Å². The average molecular weight is 223 g/mol. The molecule has 1 aromatic rings. The molecule has 0 bridgehead atoms. The van der Waals surface area contributed by atoms with Gasteiger partial charge in [-0.1, -0.05) is 12.1 Å². The third-order valence-corrected chi connectivity index (χ3v) is 1.37. The van der Waals surface area contributed by atoms with Crippen molar-refractivity contribution in [2.45, 2.75) is 6.61 Å². The smallest absolute Gasteiger partial charge is 0.387 e. The van der Waals surface area contributed by atoms with Gasteiger partial charge in [-0.05, 0) is 12.1 Å². The summed E-state index contributed by atoms with van der Waals surface area (Å²) in [5.41, 5.74) is 5.51. The highest BCUT2D eigenvalue weighted by Crippen LogP contribution is 2.15. The molecule has 3 nitrogen and oxygen atoms in total. The Morgan fingerprint density at radius 3 is 2.57 bits per heavy atom. The molecule has 78 valence electrons. The first-order chi connectivity index (χ1) is 6.09. The highest BCUT2D eigenvalue weighted by molar-refractivity contribution is 5.95. The van der Waals surface area contributed by atoms with Gasteiger partial charge in [0.25, 0.3) is 0 Å². The third-order valence-electron chi connectivity index (χ3n) is 1.37. The molecule has 0 fully saturated rings. The van der Waals surface area contributed by atoms with E-state index in [1.165, 1.54) is 18.2 Å². The predicted octanol–water partition coefficient (Wildman–Crippen LogP) is 1.99. The molecule has 0 spiro atoms. The van der Waals surface area contributed by atoms with Gasteiger partial charge in [0.2, 0.25) is 0 Å². The van der Waals surface area contributed by atoms with E-state index in [9.17, 15) is 8.78 Å². The van der Waals surface area contributed by atoms with E-state index in [0.717, 1.165) is 0 Å². The van der Waals surface area contributed by atoms with E-state index >= 15 is 0 Å². The lowest BCUT2D eigenvalue weighted by Crippen LogP contribution is -2.11. The summed E-state index contributed by atoms with van der Waals surface area (Å²) >= 11 is 0. The molecular weight excluding hydrogens is 214 g/mol. The van der Waals surface area contributed by atoms with Crippen molar-refractivity contribution in [2.24, 2.45) is 5.73 Å². The molecule has 0 saturated heterocycles. The molecule has 0 unspecified atom stereocenters. The molecule has 14 heavy (non-hydrogen) atoms. The second-order valence-corrected chi connectivity index (χ2v) is 2.32. The predicted molar refractivity (Wildman–Crippen MR) is 51.3 cm³/mol. The van der Waals surface area contributed by atoms with Gasteiger partial charge in [-0.15, -0.1) is 12.4 Å². The van der Waals surface area contributed by atoms with Gasteiger partial charge in [0.15, 0.2) is 0 Å². The zero-order valence-corrected chi connectivity index (χ0v) is 7.85. The first-order valence-electron chi connectivity index (χ1n) is 3.49. The topological polar surface area (TPSA) is 59.1 Å². The Kier molecular flexibility index (Phi) is 4.86. The van der Waals surface area contributed by atoms with Crippen LogP contribution in [0.15, 0.2) is 24.3 Å². The van der Waals surface area contributed by atoms with Crippen LogP contribution in [-0.4, -0.2) is 12.4 Å². The average Bonchev–Trinajstić information content (AvgIpc) is 2.03. The van der Waals surface area contributed by atoms with E-state index in [1.54, 1.807) is 6.07 Å². The van der Waals surface area contributed by atoms with E-state index in [-0.39, 0.29) is 24.0 Å². The fraction of sp³-hybridized carbons (Fsp3) is 0.125. The van der Waals surface area contributed by atoms with Gasteiger partial charge in [0.05, 0.1) is 0 Å². The third kappa shape index (κ3) is 3.57. The summed E-state index contributed by atoms with van der Waals surface area (Å²) in [5.74, 6) is -0.178. The van der Waals surface area contributed by atoms with Gasteiger partial charge < -0.3 is 10.5 Å². The maximum absolute atomic E-state index is 11.7. The summed E-state index contributed by atoms with van der Waals surface area (Å²) in [5, 5.41) is 7.05. The number of halogens is 3. The summed E-state index contributed by atoms with van der Waals surface area (Å²) in [7, 11) is 0. The fourth-order valence-electron chi connectivity index (χ4n) is 0.840. The van der Waals surface area contributed by atoms with Crippen molar-refractivity contribution in [1.29, 1.82) is 5.41 Å². The molecule has 0 aromatic heterocycles. The summed E-state index contributed by atoms with van der Waals surface area (Å²) < 4.78 is 27.6. The molecule has 1 rings (SSSR count). The first-order valence-corrected chi connectivity index (χ1v) is 3.49. The fourth-order valence-corrected chi connectivity index (χ4v) is 0.840. The molecule has 0 aliphatic rings. The second kappa shape index (κ2) is 5.39.